The van der Waals surface area contributed by atoms with Crippen LogP contribution in [0.4, 0.5) is 5.69 Å². The molecule has 2 aromatic carbocycles. The smallest absolute Gasteiger partial charge is 0.253 e. The third-order valence-corrected chi connectivity index (χ3v) is 4.48. The second-order valence-corrected chi connectivity index (χ2v) is 5.98. The van der Waals surface area contributed by atoms with Gasteiger partial charge in [0.15, 0.2) is 0 Å². The molecule has 0 bridgehead atoms. The van der Waals surface area contributed by atoms with E-state index in [0.717, 1.165) is 29.7 Å². The molecule has 3 N–H and O–H groups in total. The Balaban J connectivity index is 1.67. The van der Waals surface area contributed by atoms with Gasteiger partial charge in [0.1, 0.15) is 0 Å². The molecule has 1 aliphatic carbocycles. The summed E-state index contributed by atoms with van der Waals surface area (Å²) in [6.07, 6.45) is 6.40. The van der Waals surface area contributed by atoms with E-state index in [9.17, 15) is 4.79 Å². The predicted octanol–water partition coefficient (Wildman–Crippen LogP) is 3.73. The first-order valence-electron chi connectivity index (χ1n) is 7.80. The van der Waals surface area contributed by atoms with Crippen molar-refractivity contribution in [3.63, 3.8) is 0 Å². The minimum absolute atomic E-state index is 0.0590. The van der Waals surface area contributed by atoms with Crippen LogP contribution in [0.1, 0.15) is 42.5 Å². The molecule has 1 aliphatic rings. The van der Waals surface area contributed by atoms with Gasteiger partial charge >= 0.3 is 0 Å². The van der Waals surface area contributed by atoms with Crippen LogP contribution in [0.5, 0.6) is 0 Å². The van der Waals surface area contributed by atoms with Crippen molar-refractivity contribution in [1.82, 2.24) is 5.32 Å². The Morgan fingerprint density at radius 2 is 1.81 bits per heavy atom. The molecular weight excluding hydrogens is 260 g/mol. The molecule has 3 heteroatoms. The predicted molar refractivity (Wildman–Crippen MR) is 87.3 cm³/mol. The van der Waals surface area contributed by atoms with Gasteiger partial charge in [0.2, 0.25) is 0 Å². The molecule has 3 rings (SSSR count). The van der Waals surface area contributed by atoms with Crippen LogP contribution in [0.2, 0.25) is 0 Å². The van der Waals surface area contributed by atoms with Gasteiger partial charge in [0.05, 0.1) is 5.56 Å². The van der Waals surface area contributed by atoms with Crippen LogP contribution in [0, 0.1) is 5.92 Å². The number of carbonyl (C=O) groups is 1. The van der Waals surface area contributed by atoms with Crippen molar-refractivity contribution in [3.8, 4) is 0 Å². The number of nitrogen functional groups attached to an aromatic ring is 1. The molecule has 0 saturated heterocycles. The Hall–Kier alpha value is -2.03. The maximum Gasteiger partial charge on any atom is 0.253 e. The van der Waals surface area contributed by atoms with Crippen molar-refractivity contribution < 1.29 is 4.79 Å². The summed E-state index contributed by atoms with van der Waals surface area (Å²) in [7, 11) is 0. The first kappa shape index (κ1) is 13.9. The fourth-order valence-electron chi connectivity index (χ4n) is 3.24. The Labute approximate surface area is 125 Å². The largest absolute Gasteiger partial charge is 0.398 e. The first-order chi connectivity index (χ1) is 10.2. The molecule has 0 aromatic heterocycles. The minimum Gasteiger partial charge on any atom is -0.398 e. The molecule has 21 heavy (non-hydrogen) atoms. The van der Waals surface area contributed by atoms with E-state index in [2.05, 4.69) is 5.32 Å². The molecule has 110 valence electrons. The third kappa shape index (κ3) is 3.18. The SMILES string of the molecule is Nc1cc2ccccc2cc1C(=O)NCCC1CCCC1. The van der Waals surface area contributed by atoms with E-state index in [4.69, 9.17) is 5.73 Å². The normalized spacial score (nSPS) is 15.4. The lowest BCUT2D eigenvalue weighted by Gasteiger charge is -2.11. The molecular formula is C18H22N2O. The summed E-state index contributed by atoms with van der Waals surface area (Å²) in [6, 6.07) is 11.7. The lowest BCUT2D eigenvalue weighted by atomic mass is 10.0. The van der Waals surface area contributed by atoms with Crippen LogP contribution in [0.3, 0.4) is 0 Å². The lowest BCUT2D eigenvalue weighted by molar-refractivity contribution is 0.0952. The van der Waals surface area contributed by atoms with Crippen LogP contribution in [-0.4, -0.2) is 12.5 Å². The highest BCUT2D eigenvalue weighted by molar-refractivity contribution is 6.03. The number of amides is 1. The number of hydrogen-bond donors (Lipinski definition) is 2. The van der Waals surface area contributed by atoms with Gasteiger partial charge in [-0.15, -0.1) is 0 Å². The number of nitrogens with one attached hydrogen (secondary N) is 1. The van der Waals surface area contributed by atoms with Gasteiger partial charge in [-0.05, 0) is 35.2 Å². The molecule has 0 aliphatic heterocycles. The number of benzene rings is 2. The van der Waals surface area contributed by atoms with Crippen molar-refractivity contribution in [2.24, 2.45) is 5.92 Å². The minimum atomic E-state index is -0.0590. The third-order valence-electron chi connectivity index (χ3n) is 4.48. The van der Waals surface area contributed by atoms with Crippen LogP contribution < -0.4 is 11.1 Å². The van der Waals surface area contributed by atoms with E-state index in [1.165, 1.54) is 25.7 Å². The number of nitrogens with two attached hydrogens (primary N) is 1. The highest BCUT2D eigenvalue weighted by atomic mass is 16.1. The molecule has 1 saturated carbocycles. The zero-order valence-electron chi connectivity index (χ0n) is 12.3. The summed E-state index contributed by atoms with van der Waals surface area (Å²) in [5.74, 6) is 0.732. The molecule has 0 radical (unpaired) electrons. The van der Waals surface area contributed by atoms with Gasteiger partial charge in [-0.2, -0.15) is 0 Å². The summed E-state index contributed by atoms with van der Waals surface area (Å²) in [4.78, 5) is 12.3. The van der Waals surface area contributed by atoms with Gasteiger partial charge in [-0.3, -0.25) is 4.79 Å². The van der Waals surface area contributed by atoms with Crippen molar-refractivity contribution in [3.05, 3.63) is 42.0 Å². The molecule has 1 amide bonds. The Morgan fingerprint density at radius 3 is 2.52 bits per heavy atom. The van der Waals surface area contributed by atoms with E-state index >= 15 is 0 Å². The van der Waals surface area contributed by atoms with Crippen LogP contribution in [0.15, 0.2) is 36.4 Å². The first-order valence-corrected chi connectivity index (χ1v) is 7.80. The lowest BCUT2D eigenvalue weighted by Crippen LogP contribution is -2.26. The molecule has 1 fully saturated rings. The summed E-state index contributed by atoms with van der Waals surface area (Å²) < 4.78 is 0. The zero-order chi connectivity index (χ0) is 14.7. The quantitative estimate of drug-likeness (QED) is 0.839. The standard InChI is InChI=1S/C18H22N2O/c19-17-12-15-8-4-3-7-14(15)11-16(17)18(21)20-10-9-13-5-1-2-6-13/h3-4,7-8,11-13H,1-2,5-6,9-10,19H2,(H,20,21). The topological polar surface area (TPSA) is 55.1 Å². The second kappa shape index (κ2) is 6.17. The molecule has 3 nitrogen and oxygen atoms in total. The fourth-order valence-corrected chi connectivity index (χ4v) is 3.24. The van der Waals surface area contributed by atoms with Crippen molar-refractivity contribution >= 4 is 22.4 Å². The van der Waals surface area contributed by atoms with Gasteiger partial charge in [-0.1, -0.05) is 49.9 Å². The number of hydrogen-bond acceptors (Lipinski definition) is 2. The molecule has 0 spiro atoms. The van der Waals surface area contributed by atoms with E-state index in [-0.39, 0.29) is 5.91 Å². The van der Waals surface area contributed by atoms with Crippen molar-refractivity contribution in [2.75, 3.05) is 12.3 Å². The van der Waals surface area contributed by atoms with Crippen molar-refractivity contribution in [2.45, 2.75) is 32.1 Å². The number of fused-ring (bicyclic) bond motifs is 1. The van der Waals surface area contributed by atoms with Gasteiger partial charge in [0.25, 0.3) is 5.91 Å². The Kier molecular flexibility index (Phi) is 4.09. The van der Waals surface area contributed by atoms with Crippen LogP contribution in [0.25, 0.3) is 10.8 Å². The van der Waals surface area contributed by atoms with E-state index < -0.39 is 0 Å². The highest BCUT2D eigenvalue weighted by Crippen LogP contribution is 2.27. The summed E-state index contributed by atoms with van der Waals surface area (Å²) in [5, 5.41) is 5.13. The van der Waals surface area contributed by atoms with Gasteiger partial charge in [-0.25, -0.2) is 0 Å². The second-order valence-electron chi connectivity index (χ2n) is 5.98. The summed E-state index contributed by atoms with van der Waals surface area (Å²) in [5.41, 5.74) is 7.15. The molecule has 0 atom stereocenters. The molecule has 0 heterocycles. The van der Waals surface area contributed by atoms with Crippen LogP contribution >= 0.6 is 0 Å². The maximum atomic E-state index is 12.3. The van der Waals surface area contributed by atoms with Gasteiger partial charge in [0, 0.05) is 12.2 Å². The van der Waals surface area contributed by atoms with E-state index in [0.29, 0.717) is 11.3 Å². The average Bonchev–Trinajstić information content (AvgIpc) is 2.99. The Bertz CT molecular complexity index is 645. The Morgan fingerprint density at radius 1 is 1.14 bits per heavy atom. The van der Waals surface area contributed by atoms with Crippen molar-refractivity contribution in [1.29, 1.82) is 0 Å². The number of anilines is 1. The number of carbonyl (C=O) groups excluding carboxylic acids is 1. The molecule has 0 unspecified atom stereocenters. The average molecular weight is 282 g/mol. The van der Waals surface area contributed by atoms with E-state index in [1.54, 1.807) is 0 Å². The monoisotopic (exact) mass is 282 g/mol. The van der Waals surface area contributed by atoms with Crippen LogP contribution in [-0.2, 0) is 0 Å². The van der Waals surface area contributed by atoms with E-state index in [1.807, 2.05) is 36.4 Å². The molecule has 2 aromatic rings. The van der Waals surface area contributed by atoms with Gasteiger partial charge < -0.3 is 11.1 Å². The zero-order valence-corrected chi connectivity index (χ0v) is 12.3. The summed E-state index contributed by atoms with van der Waals surface area (Å²) in [6.45, 7) is 0.746. The highest BCUT2D eigenvalue weighted by Gasteiger charge is 2.16. The maximum absolute atomic E-state index is 12.3. The number of rotatable bonds is 4. The summed E-state index contributed by atoms with van der Waals surface area (Å²) >= 11 is 0. The fraction of sp³-hybridized carbons (Fsp3) is 0.389.